The van der Waals surface area contributed by atoms with Crippen LogP contribution in [0.25, 0.3) is 0 Å². The van der Waals surface area contributed by atoms with Gasteiger partial charge in [0.2, 0.25) is 0 Å². The van der Waals surface area contributed by atoms with Crippen LogP contribution < -0.4 is 5.32 Å². The van der Waals surface area contributed by atoms with Crippen molar-refractivity contribution < 1.29 is 8.78 Å². The van der Waals surface area contributed by atoms with Gasteiger partial charge in [-0.2, -0.15) is 5.26 Å². The lowest BCUT2D eigenvalue weighted by molar-refractivity contribution is 0.0596. The van der Waals surface area contributed by atoms with Gasteiger partial charge in [0.1, 0.15) is 11.6 Å². The second kappa shape index (κ2) is 5.86. The zero-order valence-corrected chi connectivity index (χ0v) is 11.8. The molecular weight excluding hydrogens is 260 g/mol. The number of benzene rings is 1. The molecule has 0 heterocycles. The van der Waals surface area contributed by atoms with Crippen molar-refractivity contribution in [1.29, 1.82) is 5.26 Å². The van der Waals surface area contributed by atoms with E-state index in [0.717, 1.165) is 25.0 Å². The summed E-state index contributed by atoms with van der Waals surface area (Å²) in [6, 6.07) is 3.89. The van der Waals surface area contributed by atoms with Gasteiger partial charge < -0.3 is 10.2 Å². The van der Waals surface area contributed by atoms with Gasteiger partial charge in [0.15, 0.2) is 0 Å². The summed E-state index contributed by atoms with van der Waals surface area (Å²) in [5.74, 6) is -1.33. The molecule has 20 heavy (non-hydrogen) atoms. The van der Waals surface area contributed by atoms with E-state index in [0.29, 0.717) is 6.54 Å². The minimum absolute atomic E-state index is 0.00257. The van der Waals surface area contributed by atoms with Crippen molar-refractivity contribution in [2.24, 2.45) is 0 Å². The Morgan fingerprint density at radius 1 is 1.30 bits per heavy atom. The highest BCUT2D eigenvalue weighted by molar-refractivity contribution is 5.34. The summed E-state index contributed by atoms with van der Waals surface area (Å²) in [5, 5.41) is 11.8. The molecule has 0 aromatic heterocycles. The third-order valence-corrected chi connectivity index (χ3v) is 4.26. The van der Waals surface area contributed by atoms with E-state index in [1.807, 2.05) is 14.1 Å². The van der Waals surface area contributed by atoms with Crippen LogP contribution in [0, 0.1) is 23.0 Å². The second-order valence-corrected chi connectivity index (χ2v) is 5.61. The fourth-order valence-electron chi connectivity index (χ4n) is 2.62. The third-order valence-electron chi connectivity index (χ3n) is 4.26. The van der Waals surface area contributed by atoms with E-state index in [1.54, 1.807) is 6.07 Å². The smallest absolute Gasteiger partial charge is 0.131 e. The van der Waals surface area contributed by atoms with Crippen LogP contribution in [0.15, 0.2) is 12.1 Å². The van der Waals surface area contributed by atoms with Gasteiger partial charge in [-0.25, -0.2) is 8.78 Å². The first-order valence-electron chi connectivity index (χ1n) is 6.75. The first-order valence-corrected chi connectivity index (χ1v) is 6.75. The summed E-state index contributed by atoms with van der Waals surface area (Å²) in [6.07, 6.45) is 3.40. The molecule has 108 valence electrons. The molecule has 1 aromatic rings. The second-order valence-electron chi connectivity index (χ2n) is 5.61. The minimum atomic E-state index is -0.665. The standard InChI is InChI=1S/C15H19F2N3/c1-20(2)15(4-3-5-15)10-19-9-12-13(16)6-11(8-18)7-14(12)17/h6-7,19H,3-5,9-10H2,1-2H3. The van der Waals surface area contributed by atoms with Crippen LogP contribution in [0.5, 0.6) is 0 Å². The molecule has 1 aromatic carbocycles. The van der Waals surface area contributed by atoms with Crippen molar-refractivity contribution in [2.75, 3.05) is 20.6 Å². The number of rotatable bonds is 5. The van der Waals surface area contributed by atoms with Crippen molar-refractivity contribution in [3.05, 3.63) is 34.9 Å². The van der Waals surface area contributed by atoms with Crippen LogP contribution in [0.3, 0.4) is 0 Å². The monoisotopic (exact) mass is 279 g/mol. The minimum Gasteiger partial charge on any atom is -0.311 e. The molecule has 0 radical (unpaired) electrons. The highest BCUT2D eigenvalue weighted by Gasteiger charge is 2.38. The average Bonchev–Trinajstić information content (AvgIpc) is 2.34. The molecule has 0 amide bonds. The normalized spacial score (nSPS) is 16.8. The van der Waals surface area contributed by atoms with E-state index in [2.05, 4.69) is 10.2 Å². The van der Waals surface area contributed by atoms with Crippen molar-refractivity contribution in [3.63, 3.8) is 0 Å². The summed E-state index contributed by atoms with van der Waals surface area (Å²) >= 11 is 0. The number of nitrogens with zero attached hydrogens (tertiary/aromatic N) is 2. The van der Waals surface area contributed by atoms with Crippen LogP contribution in [-0.2, 0) is 6.54 Å². The summed E-state index contributed by atoms with van der Waals surface area (Å²) in [7, 11) is 4.06. The zero-order chi connectivity index (χ0) is 14.8. The molecule has 0 atom stereocenters. The summed E-state index contributed by atoms with van der Waals surface area (Å²) in [4.78, 5) is 2.18. The molecule has 0 aliphatic heterocycles. The Hall–Kier alpha value is -1.51. The average molecular weight is 279 g/mol. The van der Waals surface area contributed by atoms with Crippen LogP contribution in [-0.4, -0.2) is 31.1 Å². The fourth-order valence-corrected chi connectivity index (χ4v) is 2.62. The van der Waals surface area contributed by atoms with Crippen LogP contribution in [0.4, 0.5) is 8.78 Å². The maximum absolute atomic E-state index is 13.7. The Bertz CT molecular complexity index is 507. The van der Waals surface area contributed by atoms with Crippen molar-refractivity contribution >= 4 is 0 Å². The molecule has 1 fully saturated rings. The zero-order valence-electron chi connectivity index (χ0n) is 11.8. The Morgan fingerprint density at radius 3 is 2.30 bits per heavy atom. The van der Waals surface area contributed by atoms with Crippen LogP contribution >= 0.6 is 0 Å². The molecule has 0 spiro atoms. The molecule has 1 aliphatic rings. The van der Waals surface area contributed by atoms with Gasteiger partial charge in [-0.05, 0) is 45.5 Å². The first kappa shape index (κ1) is 14.9. The third kappa shape index (κ3) is 2.82. The van der Waals surface area contributed by atoms with Gasteiger partial charge in [-0.3, -0.25) is 0 Å². The number of halogens is 2. The van der Waals surface area contributed by atoms with Gasteiger partial charge in [0.25, 0.3) is 0 Å². The predicted molar refractivity (Wildman–Crippen MR) is 73.0 cm³/mol. The van der Waals surface area contributed by atoms with Crippen molar-refractivity contribution in [3.8, 4) is 6.07 Å². The summed E-state index contributed by atoms with van der Waals surface area (Å²) in [6.45, 7) is 0.845. The van der Waals surface area contributed by atoms with E-state index >= 15 is 0 Å². The maximum atomic E-state index is 13.7. The molecule has 0 bridgehead atoms. The number of nitrogens with one attached hydrogen (secondary N) is 1. The first-order chi connectivity index (χ1) is 9.48. The largest absolute Gasteiger partial charge is 0.311 e. The molecule has 2 rings (SSSR count). The highest BCUT2D eigenvalue weighted by atomic mass is 19.1. The molecule has 1 saturated carbocycles. The molecule has 5 heteroatoms. The van der Waals surface area contributed by atoms with Gasteiger partial charge in [-0.15, -0.1) is 0 Å². The lowest BCUT2D eigenvalue weighted by atomic mass is 9.75. The van der Waals surface area contributed by atoms with Gasteiger partial charge in [-0.1, -0.05) is 0 Å². The summed E-state index contributed by atoms with van der Waals surface area (Å²) in [5.41, 5.74) is 0.115. The topological polar surface area (TPSA) is 39.1 Å². The van der Waals surface area contributed by atoms with Gasteiger partial charge in [0.05, 0.1) is 11.6 Å². The SMILES string of the molecule is CN(C)C1(CNCc2c(F)cc(C#N)cc2F)CCC1. The molecular formula is C15H19F2N3. The summed E-state index contributed by atoms with van der Waals surface area (Å²) < 4.78 is 27.5. The van der Waals surface area contributed by atoms with E-state index in [1.165, 1.54) is 6.42 Å². The van der Waals surface area contributed by atoms with E-state index in [4.69, 9.17) is 5.26 Å². The van der Waals surface area contributed by atoms with Crippen molar-refractivity contribution in [2.45, 2.75) is 31.3 Å². The van der Waals surface area contributed by atoms with Gasteiger partial charge in [0, 0.05) is 24.2 Å². The maximum Gasteiger partial charge on any atom is 0.131 e. The van der Waals surface area contributed by atoms with E-state index in [9.17, 15) is 8.78 Å². The molecule has 0 unspecified atom stereocenters. The number of nitriles is 1. The highest BCUT2D eigenvalue weighted by Crippen LogP contribution is 2.35. The molecule has 1 aliphatic carbocycles. The molecule has 1 N–H and O–H groups in total. The Balaban J connectivity index is 2.00. The molecule has 3 nitrogen and oxygen atoms in total. The lowest BCUT2D eigenvalue weighted by Crippen LogP contribution is -2.56. The van der Waals surface area contributed by atoms with Crippen molar-refractivity contribution in [1.82, 2.24) is 10.2 Å². The van der Waals surface area contributed by atoms with E-state index in [-0.39, 0.29) is 23.2 Å². The quantitative estimate of drug-likeness (QED) is 0.899. The Morgan fingerprint density at radius 2 is 1.90 bits per heavy atom. The predicted octanol–water partition coefficient (Wildman–Crippen LogP) is 2.41. The van der Waals surface area contributed by atoms with Crippen LogP contribution in [0.1, 0.15) is 30.4 Å². The molecule has 0 saturated heterocycles. The lowest BCUT2D eigenvalue weighted by Gasteiger charge is -2.47. The number of hydrogen-bond donors (Lipinski definition) is 1. The number of hydrogen-bond acceptors (Lipinski definition) is 3. The fraction of sp³-hybridized carbons (Fsp3) is 0.533. The Kier molecular flexibility index (Phi) is 4.36. The van der Waals surface area contributed by atoms with E-state index < -0.39 is 11.6 Å². The van der Waals surface area contributed by atoms with Gasteiger partial charge >= 0.3 is 0 Å². The van der Waals surface area contributed by atoms with Crippen LogP contribution in [0.2, 0.25) is 0 Å². The number of likely N-dealkylation sites (N-methyl/N-ethyl adjacent to an activating group) is 1. The Labute approximate surface area is 118 Å².